The van der Waals surface area contributed by atoms with Crippen LogP contribution in [0.3, 0.4) is 0 Å². The number of halogens is 2. The molecule has 2 aromatic carbocycles. The van der Waals surface area contributed by atoms with Gasteiger partial charge in [0.2, 0.25) is 0 Å². The van der Waals surface area contributed by atoms with Crippen molar-refractivity contribution >= 4 is 5.96 Å². The van der Waals surface area contributed by atoms with Crippen molar-refractivity contribution in [3.8, 4) is 5.75 Å². The third kappa shape index (κ3) is 8.35. The Hall–Kier alpha value is -2.67. The number of nitrogens with zero attached hydrogens (tertiary/aromatic N) is 1. The van der Waals surface area contributed by atoms with E-state index in [9.17, 15) is 8.78 Å². The normalized spacial score (nSPS) is 11.5. The number of alkyl halides is 2. The Labute approximate surface area is 164 Å². The molecule has 5 nitrogen and oxygen atoms in total. The summed E-state index contributed by atoms with van der Waals surface area (Å²) in [5.74, 6) is 0.753. The zero-order valence-electron chi connectivity index (χ0n) is 16.0. The van der Waals surface area contributed by atoms with Gasteiger partial charge >= 0.3 is 6.61 Å². The summed E-state index contributed by atoms with van der Waals surface area (Å²) >= 11 is 0. The lowest BCUT2D eigenvalue weighted by atomic mass is 10.2. The topological polar surface area (TPSA) is 54.9 Å². The zero-order valence-corrected chi connectivity index (χ0v) is 16.0. The fourth-order valence-electron chi connectivity index (χ4n) is 2.58. The van der Waals surface area contributed by atoms with Gasteiger partial charge in [0.05, 0.1) is 6.61 Å². The molecule has 0 amide bonds. The maximum absolute atomic E-state index is 12.5. The molecule has 0 bridgehead atoms. The van der Waals surface area contributed by atoms with Crippen LogP contribution in [0.25, 0.3) is 0 Å². The average molecular weight is 391 g/mol. The van der Waals surface area contributed by atoms with Crippen molar-refractivity contribution in [3.63, 3.8) is 0 Å². The van der Waals surface area contributed by atoms with E-state index in [0.717, 1.165) is 12.8 Å². The lowest BCUT2D eigenvalue weighted by Gasteiger charge is -2.14. The molecule has 0 aliphatic heterocycles. The highest BCUT2D eigenvalue weighted by atomic mass is 19.3. The Morgan fingerprint density at radius 3 is 2.50 bits per heavy atom. The highest BCUT2D eigenvalue weighted by Gasteiger charge is 2.09. The Morgan fingerprint density at radius 2 is 1.75 bits per heavy atom. The summed E-state index contributed by atoms with van der Waals surface area (Å²) < 4.78 is 35.1. The second kappa shape index (κ2) is 12.7. The summed E-state index contributed by atoms with van der Waals surface area (Å²) in [7, 11) is 1.66. The standard InChI is InChI=1S/C21H27F2N3O2/c1-24-21(26-16-18-10-5-6-11-19(18)28-20(22)23)25-13-7-14-27-15-12-17-8-3-2-4-9-17/h2-6,8-11,20H,7,12-16H2,1H3,(H2,24,25,26). The summed E-state index contributed by atoms with van der Waals surface area (Å²) in [6.45, 7) is -0.476. The predicted molar refractivity (Wildman–Crippen MR) is 107 cm³/mol. The molecule has 28 heavy (non-hydrogen) atoms. The molecule has 0 saturated carbocycles. The smallest absolute Gasteiger partial charge is 0.387 e. The minimum atomic E-state index is -2.85. The van der Waals surface area contributed by atoms with Crippen LogP contribution >= 0.6 is 0 Å². The van der Waals surface area contributed by atoms with Crippen LogP contribution in [0.15, 0.2) is 59.6 Å². The van der Waals surface area contributed by atoms with Gasteiger partial charge in [-0.1, -0.05) is 48.5 Å². The number of nitrogens with one attached hydrogen (secondary N) is 2. The molecule has 0 aliphatic carbocycles. The quantitative estimate of drug-likeness (QED) is 0.349. The molecule has 0 spiro atoms. The molecule has 2 aromatic rings. The first-order valence-electron chi connectivity index (χ1n) is 9.28. The number of para-hydroxylation sites is 1. The van der Waals surface area contributed by atoms with Crippen LogP contribution in [0, 0.1) is 0 Å². The van der Waals surface area contributed by atoms with Crippen molar-refractivity contribution in [1.29, 1.82) is 0 Å². The number of rotatable bonds is 11. The van der Waals surface area contributed by atoms with Gasteiger partial charge in [0.25, 0.3) is 0 Å². The molecule has 0 fully saturated rings. The van der Waals surface area contributed by atoms with Crippen molar-refractivity contribution in [2.24, 2.45) is 4.99 Å². The largest absolute Gasteiger partial charge is 0.434 e. The van der Waals surface area contributed by atoms with E-state index < -0.39 is 6.61 Å². The fourth-order valence-corrected chi connectivity index (χ4v) is 2.58. The van der Waals surface area contributed by atoms with E-state index in [2.05, 4.69) is 32.5 Å². The van der Waals surface area contributed by atoms with Gasteiger partial charge in [-0.15, -0.1) is 0 Å². The first-order chi connectivity index (χ1) is 13.7. The SMILES string of the molecule is CN=C(NCCCOCCc1ccccc1)NCc1ccccc1OC(F)F. The molecule has 152 valence electrons. The lowest BCUT2D eigenvalue weighted by molar-refractivity contribution is -0.0504. The Balaban J connectivity index is 1.61. The Bertz CT molecular complexity index is 712. The van der Waals surface area contributed by atoms with Crippen molar-refractivity contribution in [2.45, 2.75) is 26.0 Å². The van der Waals surface area contributed by atoms with Crippen LogP contribution < -0.4 is 15.4 Å². The highest BCUT2D eigenvalue weighted by Crippen LogP contribution is 2.19. The Kier molecular flexibility index (Phi) is 9.79. The van der Waals surface area contributed by atoms with Gasteiger partial charge in [-0.25, -0.2) is 0 Å². The van der Waals surface area contributed by atoms with Crippen LogP contribution in [0.4, 0.5) is 8.78 Å². The van der Waals surface area contributed by atoms with Gasteiger partial charge in [0.15, 0.2) is 5.96 Å². The molecule has 2 N–H and O–H groups in total. The van der Waals surface area contributed by atoms with Gasteiger partial charge in [0.1, 0.15) is 5.75 Å². The van der Waals surface area contributed by atoms with E-state index >= 15 is 0 Å². The molecule has 0 radical (unpaired) electrons. The molecule has 0 unspecified atom stereocenters. The fraction of sp³-hybridized carbons (Fsp3) is 0.381. The minimum absolute atomic E-state index is 0.160. The molecule has 7 heteroatoms. The second-order valence-corrected chi connectivity index (χ2v) is 6.04. The summed E-state index contributed by atoms with van der Waals surface area (Å²) in [4.78, 5) is 4.13. The molecule has 0 aliphatic rings. The number of benzene rings is 2. The van der Waals surface area contributed by atoms with E-state index in [4.69, 9.17) is 4.74 Å². The van der Waals surface area contributed by atoms with E-state index in [0.29, 0.717) is 37.8 Å². The van der Waals surface area contributed by atoms with Crippen molar-refractivity contribution < 1.29 is 18.3 Å². The second-order valence-electron chi connectivity index (χ2n) is 6.04. The van der Waals surface area contributed by atoms with Gasteiger partial charge in [-0.3, -0.25) is 4.99 Å². The maximum Gasteiger partial charge on any atom is 0.387 e. The number of guanidine groups is 1. The molecule has 2 rings (SSSR count). The minimum Gasteiger partial charge on any atom is -0.434 e. The zero-order chi connectivity index (χ0) is 20.0. The average Bonchev–Trinajstić information content (AvgIpc) is 2.71. The molecule has 0 saturated heterocycles. The monoisotopic (exact) mass is 391 g/mol. The van der Waals surface area contributed by atoms with Crippen LogP contribution in [-0.4, -0.2) is 39.4 Å². The summed E-state index contributed by atoms with van der Waals surface area (Å²) in [6.07, 6.45) is 1.73. The number of aliphatic imine (C=N–C) groups is 1. The molecule has 0 aromatic heterocycles. The van der Waals surface area contributed by atoms with Crippen LogP contribution in [0.2, 0.25) is 0 Å². The van der Waals surface area contributed by atoms with Gasteiger partial charge in [0, 0.05) is 32.3 Å². The van der Waals surface area contributed by atoms with Gasteiger partial charge < -0.3 is 20.1 Å². The maximum atomic E-state index is 12.5. The van der Waals surface area contributed by atoms with E-state index in [1.807, 2.05) is 18.2 Å². The van der Waals surface area contributed by atoms with Crippen molar-refractivity contribution in [2.75, 3.05) is 26.8 Å². The van der Waals surface area contributed by atoms with E-state index in [-0.39, 0.29) is 5.75 Å². The van der Waals surface area contributed by atoms with Crippen LogP contribution in [0.5, 0.6) is 5.75 Å². The van der Waals surface area contributed by atoms with Gasteiger partial charge in [-0.2, -0.15) is 8.78 Å². The Morgan fingerprint density at radius 1 is 1.00 bits per heavy atom. The molecular weight excluding hydrogens is 364 g/mol. The van der Waals surface area contributed by atoms with Crippen LogP contribution in [0.1, 0.15) is 17.5 Å². The summed E-state index contributed by atoms with van der Waals surface area (Å²) in [5, 5.41) is 6.27. The summed E-state index contributed by atoms with van der Waals surface area (Å²) in [5.41, 5.74) is 1.90. The van der Waals surface area contributed by atoms with E-state index in [1.54, 1.807) is 25.2 Å². The number of hydrogen-bond donors (Lipinski definition) is 2. The lowest BCUT2D eigenvalue weighted by Crippen LogP contribution is -2.37. The van der Waals surface area contributed by atoms with Crippen molar-refractivity contribution in [3.05, 3.63) is 65.7 Å². The third-order valence-electron chi connectivity index (χ3n) is 3.99. The summed E-state index contributed by atoms with van der Waals surface area (Å²) in [6, 6.07) is 16.9. The van der Waals surface area contributed by atoms with Crippen LogP contribution in [-0.2, 0) is 17.7 Å². The number of ether oxygens (including phenoxy) is 2. The van der Waals surface area contributed by atoms with Crippen molar-refractivity contribution in [1.82, 2.24) is 10.6 Å². The molecular formula is C21H27F2N3O2. The van der Waals surface area contributed by atoms with Gasteiger partial charge in [-0.05, 0) is 24.5 Å². The molecule has 0 heterocycles. The van der Waals surface area contributed by atoms with E-state index in [1.165, 1.54) is 11.6 Å². The first kappa shape index (κ1) is 21.6. The first-order valence-corrected chi connectivity index (χ1v) is 9.28. The molecule has 0 atom stereocenters. The number of hydrogen-bond acceptors (Lipinski definition) is 3. The predicted octanol–water partition coefficient (Wildman–Crippen LogP) is 3.60. The highest BCUT2D eigenvalue weighted by molar-refractivity contribution is 5.79. The third-order valence-corrected chi connectivity index (χ3v) is 3.99.